The second kappa shape index (κ2) is 3.39. The molecule has 0 aromatic heterocycles. The Morgan fingerprint density at radius 2 is 1.93 bits per heavy atom. The second-order valence-corrected chi connectivity index (χ2v) is 3.53. The molecule has 1 aliphatic rings. The molecule has 0 radical (unpaired) electrons. The fraction of sp³-hybridized carbons (Fsp3) is 0.167. The normalized spacial score (nSPS) is 26.0. The number of hydrogen-bond acceptors (Lipinski definition) is 1. The van der Waals surface area contributed by atoms with E-state index in [1.165, 1.54) is 12.2 Å². The van der Waals surface area contributed by atoms with Crippen molar-refractivity contribution in [2.45, 2.75) is 12.0 Å². The van der Waals surface area contributed by atoms with Gasteiger partial charge < -0.3 is 5.73 Å². The van der Waals surface area contributed by atoms with Gasteiger partial charge in [-0.05, 0) is 24.1 Å². The summed E-state index contributed by atoms with van der Waals surface area (Å²) >= 11 is 0. The van der Waals surface area contributed by atoms with Crippen molar-refractivity contribution in [1.29, 1.82) is 0 Å². The fourth-order valence-electron chi connectivity index (χ4n) is 1.59. The summed E-state index contributed by atoms with van der Waals surface area (Å²) in [6.07, 6.45) is 5.18. The maximum absolute atomic E-state index is 12.8. The van der Waals surface area contributed by atoms with Gasteiger partial charge in [-0.25, -0.2) is 4.39 Å². The summed E-state index contributed by atoms with van der Waals surface area (Å²) in [6, 6.07) is 9.73. The quantitative estimate of drug-likeness (QED) is 0.722. The van der Waals surface area contributed by atoms with Crippen LogP contribution in [0.4, 0.5) is 4.39 Å². The third-order valence-electron chi connectivity index (χ3n) is 2.49. The first-order chi connectivity index (χ1) is 6.71. The minimum Gasteiger partial charge on any atom is -0.318 e. The van der Waals surface area contributed by atoms with Gasteiger partial charge in [0.05, 0.1) is 5.54 Å². The SMILES string of the molecule is N[C@]1(c2ccccc2)C=CC(F)=CC1. The van der Waals surface area contributed by atoms with E-state index in [-0.39, 0.29) is 5.83 Å². The van der Waals surface area contributed by atoms with Crippen molar-refractivity contribution in [3.63, 3.8) is 0 Å². The van der Waals surface area contributed by atoms with Crippen molar-refractivity contribution < 1.29 is 4.39 Å². The Labute approximate surface area is 82.7 Å². The van der Waals surface area contributed by atoms with Crippen LogP contribution < -0.4 is 5.73 Å². The molecule has 0 aliphatic heterocycles. The van der Waals surface area contributed by atoms with Crippen LogP contribution in [0.15, 0.2) is 54.4 Å². The molecule has 0 heterocycles. The summed E-state index contributed by atoms with van der Waals surface area (Å²) in [7, 11) is 0. The van der Waals surface area contributed by atoms with Crippen molar-refractivity contribution in [2.24, 2.45) is 5.73 Å². The van der Waals surface area contributed by atoms with Crippen molar-refractivity contribution in [1.82, 2.24) is 0 Å². The first kappa shape index (κ1) is 9.16. The van der Waals surface area contributed by atoms with E-state index >= 15 is 0 Å². The van der Waals surface area contributed by atoms with Crippen LogP contribution in [0.2, 0.25) is 0 Å². The average Bonchev–Trinajstić information content (AvgIpc) is 2.24. The van der Waals surface area contributed by atoms with Crippen molar-refractivity contribution in [3.8, 4) is 0 Å². The molecule has 0 fully saturated rings. The third-order valence-corrected chi connectivity index (χ3v) is 2.49. The number of hydrogen-bond donors (Lipinski definition) is 1. The first-order valence-corrected chi connectivity index (χ1v) is 4.60. The Hall–Kier alpha value is -1.41. The highest BCUT2D eigenvalue weighted by Gasteiger charge is 2.25. The predicted molar refractivity (Wildman–Crippen MR) is 55.3 cm³/mol. The monoisotopic (exact) mass is 189 g/mol. The lowest BCUT2D eigenvalue weighted by Crippen LogP contribution is -2.34. The lowest BCUT2D eigenvalue weighted by atomic mass is 9.85. The molecule has 72 valence electrons. The lowest BCUT2D eigenvalue weighted by Gasteiger charge is -2.27. The summed E-state index contributed by atoms with van der Waals surface area (Å²) in [4.78, 5) is 0. The van der Waals surface area contributed by atoms with E-state index in [2.05, 4.69) is 0 Å². The van der Waals surface area contributed by atoms with Crippen LogP contribution in [-0.2, 0) is 5.54 Å². The molecule has 0 bridgehead atoms. The molecular weight excluding hydrogens is 177 g/mol. The maximum Gasteiger partial charge on any atom is 0.119 e. The zero-order chi connectivity index (χ0) is 10.0. The van der Waals surface area contributed by atoms with Crippen LogP contribution in [0, 0.1) is 0 Å². The third kappa shape index (κ3) is 1.61. The van der Waals surface area contributed by atoms with E-state index in [0.29, 0.717) is 6.42 Å². The molecule has 0 unspecified atom stereocenters. The van der Waals surface area contributed by atoms with E-state index in [1.807, 2.05) is 30.3 Å². The Bertz CT molecular complexity index is 381. The van der Waals surface area contributed by atoms with Gasteiger partial charge in [-0.3, -0.25) is 0 Å². The van der Waals surface area contributed by atoms with Crippen LogP contribution in [-0.4, -0.2) is 0 Å². The van der Waals surface area contributed by atoms with E-state index in [0.717, 1.165) is 5.56 Å². The van der Waals surface area contributed by atoms with E-state index in [4.69, 9.17) is 5.73 Å². The topological polar surface area (TPSA) is 26.0 Å². The summed E-state index contributed by atoms with van der Waals surface area (Å²) in [5, 5.41) is 0. The molecule has 0 saturated carbocycles. The first-order valence-electron chi connectivity index (χ1n) is 4.60. The Balaban J connectivity index is 2.32. The van der Waals surface area contributed by atoms with E-state index in [9.17, 15) is 4.39 Å². The van der Waals surface area contributed by atoms with Gasteiger partial charge in [-0.2, -0.15) is 0 Å². The lowest BCUT2D eigenvalue weighted by molar-refractivity contribution is 0.538. The highest BCUT2D eigenvalue weighted by Crippen LogP contribution is 2.28. The molecule has 14 heavy (non-hydrogen) atoms. The molecule has 2 heteroatoms. The van der Waals surface area contributed by atoms with Gasteiger partial charge in [-0.1, -0.05) is 36.4 Å². The van der Waals surface area contributed by atoms with Gasteiger partial charge in [-0.15, -0.1) is 0 Å². The molecule has 1 aliphatic carbocycles. The molecule has 2 N–H and O–H groups in total. The predicted octanol–water partition coefficient (Wildman–Crippen LogP) is 2.65. The summed E-state index contributed by atoms with van der Waals surface area (Å²) in [5.41, 5.74) is 6.61. The molecule has 0 saturated heterocycles. The van der Waals surface area contributed by atoms with Gasteiger partial charge in [0, 0.05) is 0 Å². The second-order valence-electron chi connectivity index (χ2n) is 3.53. The van der Waals surface area contributed by atoms with Crippen molar-refractivity contribution in [3.05, 3.63) is 60.0 Å². The Kier molecular flexibility index (Phi) is 2.22. The van der Waals surface area contributed by atoms with Crippen LogP contribution in [0.1, 0.15) is 12.0 Å². The highest BCUT2D eigenvalue weighted by atomic mass is 19.1. The highest BCUT2D eigenvalue weighted by molar-refractivity contribution is 5.35. The largest absolute Gasteiger partial charge is 0.318 e. The molecule has 2 rings (SSSR count). The van der Waals surface area contributed by atoms with Crippen molar-refractivity contribution >= 4 is 0 Å². The molecule has 0 amide bonds. The Morgan fingerprint density at radius 3 is 2.50 bits per heavy atom. The minimum atomic E-state index is -0.545. The molecule has 0 spiro atoms. The van der Waals surface area contributed by atoms with Crippen LogP contribution >= 0.6 is 0 Å². The van der Waals surface area contributed by atoms with Gasteiger partial charge in [0.15, 0.2) is 0 Å². The molecule has 1 atom stereocenters. The molecule has 1 nitrogen and oxygen atoms in total. The number of allylic oxidation sites excluding steroid dienone is 2. The number of halogens is 1. The maximum atomic E-state index is 12.8. The van der Waals surface area contributed by atoms with Gasteiger partial charge in [0.25, 0.3) is 0 Å². The zero-order valence-corrected chi connectivity index (χ0v) is 7.78. The van der Waals surface area contributed by atoms with Crippen LogP contribution in [0.5, 0.6) is 0 Å². The zero-order valence-electron chi connectivity index (χ0n) is 7.78. The average molecular weight is 189 g/mol. The molecular formula is C12H12FN. The summed E-state index contributed by atoms with van der Waals surface area (Å²) < 4.78 is 12.8. The van der Waals surface area contributed by atoms with Crippen LogP contribution in [0.25, 0.3) is 0 Å². The summed E-state index contributed by atoms with van der Waals surface area (Å²) in [6.45, 7) is 0. The van der Waals surface area contributed by atoms with Crippen molar-refractivity contribution in [2.75, 3.05) is 0 Å². The molecule has 1 aromatic carbocycles. The van der Waals surface area contributed by atoms with Gasteiger partial charge in [0.2, 0.25) is 0 Å². The van der Waals surface area contributed by atoms with E-state index < -0.39 is 5.54 Å². The van der Waals surface area contributed by atoms with Gasteiger partial charge in [0.1, 0.15) is 5.83 Å². The van der Waals surface area contributed by atoms with E-state index in [1.54, 1.807) is 6.08 Å². The number of rotatable bonds is 1. The smallest absolute Gasteiger partial charge is 0.119 e. The van der Waals surface area contributed by atoms with Crippen LogP contribution in [0.3, 0.4) is 0 Å². The minimum absolute atomic E-state index is 0.206. The number of nitrogens with two attached hydrogens (primary N) is 1. The van der Waals surface area contributed by atoms with Gasteiger partial charge >= 0.3 is 0 Å². The fourth-order valence-corrected chi connectivity index (χ4v) is 1.59. The summed E-state index contributed by atoms with van der Waals surface area (Å²) in [5.74, 6) is -0.206. The number of benzene rings is 1. The Morgan fingerprint density at radius 1 is 1.21 bits per heavy atom. The molecule has 1 aromatic rings. The standard InChI is InChI=1S/C12H12FN/c13-11-6-8-12(14,9-7-11)10-4-2-1-3-5-10/h1-8H,9,14H2/t12-/m1/s1.